The average molecular weight is 399 g/mol. The zero-order chi connectivity index (χ0) is 21.8. The first-order valence-electron chi connectivity index (χ1n) is 9.06. The van der Waals surface area contributed by atoms with Crippen molar-refractivity contribution in [2.24, 2.45) is 5.41 Å². The molecule has 1 amide bonds. The number of rotatable bonds is 6. The van der Waals surface area contributed by atoms with Crippen LogP contribution in [-0.4, -0.2) is 36.0 Å². The molecule has 2 rings (SSSR count). The van der Waals surface area contributed by atoms with Crippen molar-refractivity contribution in [1.82, 2.24) is 0 Å². The van der Waals surface area contributed by atoms with Crippen molar-refractivity contribution in [1.29, 1.82) is 0 Å². The van der Waals surface area contributed by atoms with E-state index in [1.165, 1.54) is 32.2 Å². The number of phenols is 1. The lowest BCUT2D eigenvalue weighted by atomic mass is 9.95. The predicted octanol–water partition coefficient (Wildman–Crippen LogP) is 3.81. The highest BCUT2D eigenvalue weighted by Gasteiger charge is 2.23. The van der Waals surface area contributed by atoms with Crippen molar-refractivity contribution in [2.45, 2.75) is 33.8 Å². The summed E-state index contributed by atoms with van der Waals surface area (Å²) >= 11 is 0. The van der Waals surface area contributed by atoms with Gasteiger partial charge < -0.3 is 19.9 Å². The lowest BCUT2D eigenvalue weighted by Gasteiger charge is -2.18. The standard InChI is InChI=1S/C22H25NO6/c1-13(29-20(26)17-11-10-16(28-5)12-18(17)24)19(25)14-6-8-15(9-7-14)23-21(27)22(2,3)4/h6-13,24H,1-5H3,(H,23,27). The third kappa shape index (κ3) is 5.57. The van der Waals surface area contributed by atoms with Crippen molar-refractivity contribution in [2.75, 3.05) is 12.4 Å². The van der Waals surface area contributed by atoms with E-state index in [0.29, 0.717) is 17.0 Å². The maximum atomic E-state index is 12.5. The molecule has 2 aromatic rings. The fraction of sp³-hybridized carbons (Fsp3) is 0.318. The molecule has 0 aliphatic rings. The average Bonchev–Trinajstić information content (AvgIpc) is 2.66. The van der Waals surface area contributed by atoms with Crippen LogP contribution in [0.2, 0.25) is 0 Å². The van der Waals surface area contributed by atoms with Crippen molar-refractivity contribution in [3.05, 3.63) is 53.6 Å². The summed E-state index contributed by atoms with van der Waals surface area (Å²) in [6.07, 6.45) is -1.06. The molecule has 0 heterocycles. The molecule has 0 saturated carbocycles. The zero-order valence-electron chi connectivity index (χ0n) is 17.1. The Kier molecular flexibility index (Phi) is 6.64. The molecule has 29 heavy (non-hydrogen) atoms. The van der Waals surface area contributed by atoms with Crippen LogP contribution in [0.5, 0.6) is 11.5 Å². The number of nitrogens with one attached hydrogen (secondary N) is 1. The molecule has 0 radical (unpaired) electrons. The Morgan fingerprint density at radius 2 is 1.66 bits per heavy atom. The number of carbonyl (C=O) groups is 3. The Labute approximate surface area is 169 Å². The molecular formula is C22H25NO6. The number of carbonyl (C=O) groups excluding carboxylic acids is 3. The van der Waals surface area contributed by atoms with Gasteiger partial charge in [-0.1, -0.05) is 20.8 Å². The van der Waals surface area contributed by atoms with Gasteiger partial charge in [-0.25, -0.2) is 4.79 Å². The Morgan fingerprint density at radius 1 is 1.03 bits per heavy atom. The van der Waals surface area contributed by atoms with E-state index >= 15 is 0 Å². The van der Waals surface area contributed by atoms with Crippen molar-refractivity contribution in [3.8, 4) is 11.5 Å². The van der Waals surface area contributed by atoms with Crippen molar-refractivity contribution < 1.29 is 29.0 Å². The first-order chi connectivity index (χ1) is 13.5. The van der Waals surface area contributed by atoms with Gasteiger partial charge in [-0.15, -0.1) is 0 Å². The molecule has 0 aromatic heterocycles. The van der Waals surface area contributed by atoms with E-state index in [0.717, 1.165) is 0 Å². The summed E-state index contributed by atoms with van der Waals surface area (Å²) in [7, 11) is 1.44. The van der Waals surface area contributed by atoms with Gasteiger partial charge >= 0.3 is 5.97 Å². The summed E-state index contributed by atoms with van der Waals surface area (Å²) < 4.78 is 10.2. The topological polar surface area (TPSA) is 102 Å². The number of aromatic hydroxyl groups is 1. The number of phenolic OH excluding ortho intramolecular Hbond substituents is 1. The number of ketones is 1. The molecule has 1 unspecified atom stereocenters. The van der Waals surface area contributed by atoms with E-state index in [4.69, 9.17) is 9.47 Å². The van der Waals surface area contributed by atoms with Crippen LogP contribution in [0.4, 0.5) is 5.69 Å². The lowest BCUT2D eigenvalue weighted by molar-refractivity contribution is -0.123. The largest absolute Gasteiger partial charge is 0.507 e. The Morgan fingerprint density at radius 3 is 2.17 bits per heavy atom. The maximum Gasteiger partial charge on any atom is 0.342 e. The molecule has 2 aromatic carbocycles. The molecule has 2 N–H and O–H groups in total. The third-order valence-corrected chi connectivity index (χ3v) is 4.19. The van der Waals surface area contributed by atoms with Gasteiger partial charge in [0.15, 0.2) is 6.10 Å². The summed E-state index contributed by atoms with van der Waals surface area (Å²) in [5, 5.41) is 12.7. The zero-order valence-corrected chi connectivity index (χ0v) is 17.1. The highest BCUT2D eigenvalue weighted by atomic mass is 16.5. The lowest BCUT2D eigenvalue weighted by Crippen LogP contribution is -2.27. The maximum absolute atomic E-state index is 12.5. The normalized spacial score (nSPS) is 12.0. The molecule has 0 aliphatic carbocycles. The highest BCUT2D eigenvalue weighted by Crippen LogP contribution is 2.25. The Bertz CT molecular complexity index is 912. The molecule has 7 heteroatoms. The van der Waals surface area contributed by atoms with E-state index in [1.54, 1.807) is 45.0 Å². The van der Waals surface area contributed by atoms with Gasteiger partial charge in [-0.3, -0.25) is 9.59 Å². The molecule has 0 fully saturated rings. The van der Waals surface area contributed by atoms with Crippen LogP contribution in [0, 0.1) is 5.41 Å². The summed E-state index contributed by atoms with van der Waals surface area (Å²) in [4.78, 5) is 36.8. The van der Waals surface area contributed by atoms with E-state index in [-0.39, 0.29) is 17.2 Å². The van der Waals surface area contributed by atoms with Crippen LogP contribution in [0.25, 0.3) is 0 Å². The molecule has 0 spiro atoms. The number of esters is 1. The van der Waals surface area contributed by atoms with Crippen LogP contribution < -0.4 is 10.1 Å². The number of amides is 1. The molecule has 154 valence electrons. The fourth-order valence-corrected chi connectivity index (χ4v) is 2.36. The van der Waals surface area contributed by atoms with Gasteiger partial charge in [-0.2, -0.15) is 0 Å². The SMILES string of the molecule is COc1ccc(C(=O)OC(C)C(=O)c2ccc(NC(=O)C(C)(C)C)cc2)c(O)c1. The second-order valence-corrected chi connectivity index (χ2v) is 7.58. The second kappa shape index (κ2) is 8.77. The van der Waals surface area contributed by atoms with Gasteiger partial charge in [0.1, 0.15) is 17.1 Å². The van der Waals surface area contributed by atoms with E-state index in [2.05, 4.69) is 5.32 Å². The summed E-state index contributed by atoms with van der Waals surface area (Å²) in [5.74, 6) is -1.27. The molecule has 7 nitrogen and oxygen atoms in total. The minimum atomic E-state index is -1.06. The van der Waals surface area contributed by atoms with Gasteiger partial charge in [-0.05, 0) is 43.3 Å². The van der Waals surface area contributed by atoms with Gasteiger partial charge in [0, 0.05) is 22.7 Å². The van der Waals surface area contributed by atoms with Gasteiger partial charge in [0.2, 0.25) is 11.7 Å². The predicted molar refractivity (Wildman–Crippen MR) is 108 cm³/mol. The quantitative estimate of drug-likeness (QED) is 0.566. The number of Topliss-reactive ketones (excluding diaryl/α,β-unsaturated/α-hetero) is 1. The Balaban J connectivity index is 2.04. The van der Waals surface area contributed by atoms with Crippen LogP contribution in [0.1, 0.15) is 48.4 Å². The fourth-order valence-electron chi connectivity index (χ4n) is 2.36. The number of hydrogen-bond donors (Lipinski definition) is 2. The van der Waals surface area contributed by atoms with E-state index < -0.39 is 23.3 Å². The summed E-state index contributed by atoms with van der Waals surface area (Å²) in [5.41, 5.74) is 0.294. The monoisotopic (exact) mass is 399 g/mol. The minimum Gasteiger partial charge on any atom is -0.507 e. The van der Waals surface area contributed by atoms with E-state index in [1.807, 2.05) is 0 Å². The van der Waals surface area contributed by atoms with Crippen molar-refractivity contribution in [3.63, 3.8) is 0 Å². The van der Waals surface area contributed by atoms with E-state index in [9.17, 15) is 19.5 Å². The molecule has 1 atom stereocenters. The van der Waals surface area contributed by atoms with Crippen molar-refractivity contribution >= 4 is 23.3 Å². The second-order valence-electron chi connectivity index (χ2n) is 7.58. The molecule has 0 saturated heterocycles. The summed E-state index contributed by atoms with van der Waals surface area (Å²) in [6, 6.07) is 10.5. The van der Waals surface area contributed by atoms with Gasteiger partial charge in [0.25, 0.3) is 0 Å². The number of hydrogen-bond acceptors (Lipinski definition) is 6. The smallest absolute Gasteiger partial charge is 0.342 e. The minimum absolute atomic E-state index is 0.0642. The van der Waals surface area contributed by atoms with Crippen LogP contribution in [0.15, 0.2) is 42.5 Å². The van der Waals surface area contributed by atoms with Crippen LogP contribution >= 0.6 is 0 Å². The third-order valence-electron chi connectivity index (χ3n) is 4.19. The number of ether oxygens (including phenoxy) is 2. The number of methoxy groups -OCH3 is 1. The first-order valence-corrected chi connectivity index (χ1v) is 9.06. The molecule has 0 bridgehead atoms. The first kappa shape index (κ1) is 21.9. The Hall–Kier alpha value is -3.35. The van der Waals surface area contributed by atoms with Gasteiger partial charge in [0.05, 0.1) is 7.11 Å². The molecular weight excluding hydrogens is 374 g/mol. The number of anilines is 1. The number of benzene rings is 2. The summed E-state index contributed by atoms with van der Waals surface area (Å²) in [6.45, 7) is 6.86. The van der Waals surface area contributed by atoms with Crippen LogP contribution in [-0.2, 0) is 9.53 Å². The highest BCUT2D eigenvalue weighted by molar-refractivity contribution is 6.02. The molecule has 0 aliphatic heterocycles. The van der Waals surface area contributed by atoms with Crippen LogP contribution in [0.3, 0.4) is 0 Å².